The Hall–Kier alpha value is -2.15. The van der Waals surface area contributed by atoms with Crippen LogP contribution in [0.1, 0.15) is 36.0 Å². The summed E-state index contributed by atoms with van der Waals surface area (Å²) >= 11 is 0. The van der Waals surface area contributed by atoms with Gasteiger partial charge in [-0.25, -0.2) is 0 Å². The lowest BCUT2D eigenvalue weighted by atomic mass is 9.75. The lowest BCUT2D eigenvalue weighted by molar-refractivity contribution is -0.385. The first-order chi connectivity index (χ1) is 11.0. The number of carbonyl (C=O) groups excluding carboxylic acids is 1. The smallest absolute Gasteiger partial charge is 0.310 e. The number of nitrogens with zero attached hydrogens (tertiary/aromatic N) is 2. The lowest BCUT2D eigenvalue weighted by Crippen LogP contribution is -2.49. The number of carbonyl (C=O) groups is 1. The van der Waals surface area contributed by atoms with Crippen LogP contribution in [0.15, 0.2) is 18.2 Å². The Morgan fingerprint density at radius 1 is 1.35 bits per heavy atom. The van der Waals surface area contributed by atoms with Crippen molar-refractivity contribution in [3.8, 4) is 5.75 Å². The quantitative estimate of drug-likeness (QED) is 0.667. The monoisotopic (exact) mass is 320 g/mol. The molecule has 7 nitrogen and oxygen atoms in total. The molecule has 7 heteroatoms. The molecule has 3 rings (SSSR count). The van der Waals surface area contributed by atoms with Gasteiger partial charge in [-0.15, -0.1) is 0 Å². The second-order valence-corrected chi connectivity index (χ2v) is 6.45. The Bertz CT molecular complexity index is 619. The van der Waals surface area contributed by atoms with E-state index in [0.29, 0.717) is 19.7 Å². The van der Waals surface area contributed by atoms with Gasteiger partial charge in [0.1, 0.15) is 0 Å². The second-order valence-electron chi connectivity index (χ2n) is 6.45. The van der Waals surface area contributed by atoms with Crippen LogP contribution in [-0.4, -0.2) is 47.1 Å². The fourth-order valence-electron chi connectivity index (χ4n) is 3.61. The Labute approximate surface area is 134 Å². The van der Waals surface area contributed by atoms with Crippen molar-refractivity contribution in [3.63, 3.8) is 0 Å². The van der Waals surface area contributed by atoms with E-state index in [1.54, 1.807) is 4.90 Å². The van der Waals surface area contributed by atoms with Gasteiger partial charge >= 0.3 is 5.69 Å². The molecule has 2 fully saturated rings. The van der Waals surface area contributed by atoms with Crippen molar-refractivity contribution in [1.82, 2.24) is 4.90 Å². The molecule has 1 spiro atoms. The number of likely N-dealkylation sites (tertiary alicyclic amines) is 1. The van der Waals surface area contributed by atoms with E-state index in [1.165, 1.54) is 18.2 Å². The molecule has 2 aliphatic heterocycles. The van der Waals surface area contributed by atoms with E-state index in [2.05, 4.69) is 0 Å². The number of amides is 1. The van der Waals surface area contributed by atoms with Gasteiger partial charge in [0.25, 0.3) is 5.91 Å². The van der Waals surface area contributed by atoms with Crippen molar-refractivity contribution in [2.24, 2.45) is 5.41 Å². The number of ether oxygens (including phenoxy) is 1. The summed E-state index contributed by atoms with van der Waals surface area (Å²) in [6.07, 6.45) is 4.05. The molecule has 0 radical (unpaired) electrons. The normalized spacial score (nSPS) is 24.6. The first kappa shape index (κ1) is 15.7. The average Bonchev–Trinajstić information content (AvgIpc) is 2.54. The first-order valence-corrected chi connectivity index (χ1v) is 7.85. The molecular formula is C16H20N2O5. The van der Waals surface area contributed by atoms with Crippen molar-refractivity contribution in [2.45, 2.75) is 25.7 Å². The summed E-state index contributed by atoms with van der Waals surface area (Å²) in [7, 11) is 0. The summed E-state index contributed by atoms with van der Waals surface area (Å²) in [5, 5.41) is 20.5. The van der Waals surface area contributed by atoms with Crippen LogP contribution >= 0.6 is 0 Å². The molecule has 0 aliphatic carbocycles. The van der Waals surface area contributed by atoms with Crippen LogP contribution in [-0.2, 0) is 4.74 Å². The number of phenols is 1. The molecule has 1 aromatic carbocycles. The molecule has 1 N–H and O–H groups in total. The highest BCUT2D eigenvalue weighted by Crippen LogP contribution is 2.38. The highest BCUT2D eigenvalue weighted by molar-refractivity contribution is 5.95. The molecule has 1 atom stereocenters. The summed E-state index contributed by atoms with van der Waals surface area (Å²) in [4.78, 5) is 24.5. The van der Waals surface area contributed by atoms with E-state index < -0.39 is 16.4 Å². The van der Waals surface area contributed by atoms with Crippen LogP contribution in [0.25, 0.3) is 0 Å². The minimum absolute atomic E-state index is 0.0367. The van der Waals surface area contributed by atoms with E-state index in [0.717, 1.165) is 32.3 Å². The highest BCUT2D eigenvalue weighted by Gasteiger charge is 2.39. The number of nitro benzene ring substituents is 1. The maximum atomic E-state index is 12.7. The van der Waals surface area contributed by atoms with Crippen LogP contribution < -0.4 is 0 Å². The zero-order chi connectivity index (χ0) is 16.4. The van der Waals surface area contributed by atoms with Gasteiger partial charge in [-0.1, -0.05) is 0 Å². The zero-order valence-corrected chi connectivity index (χ0v) is 12.9. The molecule has 1 aromatic rings. The van der Waals surface area contributed by atoms with E-state index in [-0.39, 0.29) is 16.9 Å². The van der Waals surface area contributed by atoms with Gasteiger partial charge in [0, 0.05) is 36.7 Å². The number of nitro groups is 1. The summed E-state index contributed by atoms with van der Waals surface area (Å²) in [5.74, 6) is -0.673. The SMILES string of the molecule is O=C(c1ccc([N+](=O)[O-])c(O)c1)N1CCCC2(CCCOC2)C1. The third-order valence-corrected chi connectivity index (χ3v) is 4.77. The van der Waals surface area contributed by atoms with Gasteiger partial charge in [-0.2, -0.15) is 0 Å². The van der Waals surface area contributed by atoms with Crippen molar-refractivity contribution < 1.29 is 19.6 Å². The summed E-state index contributed by atoms with van der Waals surface area (Å²) in [6, 6.07) is 3.75. The standard InChI is InChI=1S/C16H20N2O5/c19-14-9-12(3-4-13(14)18(21)22)15(20)17-7-1-5-16(10-17)6-2-8-23-11-16/h3-4,9,19H,1-2,5-8,10-11H2. The third-order valence-electron chi connectivity index (χ3n) is 4.77. The topological polar surface area (TPSA) is 92.9 Å². The zero-order valence-electron chi connectivity index (χ0n) is 12.9. The van der Waals surface area contributed by atoms with Gasteiger partial charge < -0.3 is 14.7 Å². The molecule has 0 saturated carbocycles. The van der Waals surface area contributed by atoms with Crippen LogP contribution in [0.3, 0.4) is 0 Å². The number of benzene rings is 1. The fourth-order valence-corrected chi connectivity index (χ4v) is 3.61. The molecule has 2 saturated heterocycles. The summed E-state index contributed by atoms with van der Waals surface area (Å²) < 4.78 is 5.60. The minimum Gasteiger partial charge on any atom is -0.502 e. The fraction of sp³-hybridized carbons (Fsp3) is 0.562. The molecule has 1 amide bonds. The third kappa shape index (κ3) is 3.14. The van der Waals surface area contributed by atoms with E-state index in [4.69, 9.17) is 4.74 Å². The summed E-state index contributed by atoms with van der Waals surface area (Å²) in [5.41, 5.74) is -0.0751. The van der Waals surface area contributed by atoms with Crippen LogP contribution in [0.2, 0.25) is 0 Å². The number of aromatic hydroxyl groups is 1. The van der Waals surface area contributed by atoms with Gasteiger partial charge in [-0.05, 0) is 37.8 Å². The van der Waals surface area contributed by atoms with E-state index in [9.17, 15) is 20.0 Å². The van der Waals surface area contributed by atoms with Gasteiger partial charge in [0.15, 0.2) is 5.75 Å². The highest BCUT2D eigenvalue weighted by atomic mass is 16.6. The Balaban J connectivity index is 1.77. The van der Waals surface area contributed by atoms with Gasteiger partial charge in [-0.3, -0.25) is 14.9 Å². The predicted octanol–water partition coefficient (Wildman–Crippen LogP) is 2.33. The number of piperidine rings is 1. The number of hydrogen-bond acceptors (Lipinski definition) is 5. The average molecular weight is 320 g/mol. The van der Waals surface area contributed by atoms with Crippen LogP contribution in [0.5, 0.6) is 5.75 Å². The van der Waals surface area contributed by atoms with E-state index in [1.807, 2.05) is 0 Å². The van der Waals surface area contributed by atoms with Crippen molar-refractivity contribution in [1.29, 1.82) is 0 Å². The molecule has 23 heavy (non-hydrogen) atoms. The Kier molecular flexibility index (Phi) is 4.21. The first-order valence-electron chi connectivity index (χ1n) is 7.85. The number of hydrogen-bond donors (Lipinski definition) is 1. The van der Waals surface area contributed by atoms with Crippen molar-refractivity contribution >= 4 is 11.6 Å². The molecule has 0 bridgehead atoms. The van der Waals surface area contributed by atoms with Gasteiger partial charge in [0.2, 0.25) is 0 Å². The van der Waals surface area contributed by atoms with E-state index >= 15 is 0 Å². The number of phenolic OH excluding ortho intramolecular Hbond substituents is 1. The van der Waals surface area contributed by atoms with Gasteiger partial charge in [0.05, 0.1) is 11.5 Å². The molecule has 2 heterocycles. The predicted molar refractivity (Wildman–Crippen MR) is 82.4 cm³/mol. The molecular weight excluding hydrogens is 300 g/mol. The Morgan fingerprint density at radius 3 is 2.78 bits per heavy atom. The van der Waals surface area contributed by atoms with Crippen molar-refractivity contribution in [2.75, 3.05) is 26.3 Å². The van der Waals surface area contributed by atoms with Crippen molar-refractivity contribution in [3.05, 3.63) is 33.9 Å². The molecule has 1 unspecified atom stereocenters. The minimum atomic E-state index is -0.668. The summed E-state index contributed by atoms with van der Waals surface area (Å²) in [6.45, 7) is 2.77. The Morgan fingerprint density at radius 2 is 2.13 bits per heavy atom. The molecule has 2 aliphatic rings. The molecule has 0 aromatic heterocycles. The number of rotatable bonds is 2. The van der Waals surface area contributed by atoms with Crippen LogP contribution in [0, 0.1) is 15.5 Å². The lowest BCUT2D eigenvalue weighted by Gasteiger charge is -2.44. The molecule has 124 valence electrons. The largest absolute Gasteiger partial charge is 0.502 e. The second kappa shape index (κ2) is 6.16. The maximum absolute atomic E-state index is 12.7. The maximum Gasteiger partial charge on any atom is 0.310 e. The van der Waals surface area contributed by atoms with Crippen LogP contribution in [0.4, 0.5) is 5.69 Å².